The van der Waals surface area contributed by atoms with Crippen LogP contribution in [0.25, 0.3) is 0 Å². The van der Waals surface area contributed by atoms with E-state index in [-0.39, 0.29) is 42.9 Å². The lowest BCUT2D eigenvalue weighted by atomic mass is 9.42. The van der Waals surface area contributed by atoms with Gasteiger partial charge in [0.1, 0.15) is 12.7 Å². The lowest BCUT2D eigenvalue weighted by Gasteiger charge is -2.65. The number of fused-ring (bicyclic) bond motifs is 5. The van der Waals surface area contributed by atoms with Crippen LogP contribution in [0.15, 0.2) is 11.6 Å². The van der Waals surface area contributed by atoms with Gasteiger partial charge in [-0.2, -0.15) is 0 Å². The number of aliphatic hydroxyl groups is 1. The Hall–Kier alpha value is -3.56. The Morgan fingerprint density at radius 1 is 0.778 bits per heavy atom. The zero-order chi connectivity index (χ0) is 39.3. The Labute approximate surface area is 315 Å². The maximum absolute atomic E-state index is 12.9. The summed E-state index contributed by atoms with van der Waals surface area (Å²) in [4.78, 5) is 73.8. The first kappa shape index (κ1) is 40.1. The van der Waals surface area contributed by atoms with Crippen molar-refractivity contribution in [3.05, 3.63) is 11.6 Å². The molecule has 0 aromatic rings. The molecule has 0 unspecified atom stereocenters. The van der Waals surface area contributed by atoms with Crippen molar-refractivity contribution in [1.82, 2.24) is 0 Å². The van der Waals surface area contributed by atoms with Crippen molar-refractivity contribution in [1.29, 1.82) is 0 Å². The standard InChI is InChI=1S/C39H54O15/c1-19-33(51-22(4)42)34(52-23(5)43)35(53-24(6)44)36(49-19)54-26-8-12-38(18-48-20(2)40)28-9-11-37(7)27(25-14-32(45)47-17-25)10-13-39(37,46)29(28)16-31(30(38)15-26)50-21(3)41/h14,19,26-31,33-36,46H,8-13,15-18H2,1-7H3/t19-,26-,27-,28+,29-,30+,31-,33+,34+,35+,36-,37-,38-,39-/m0/s1. The van der Waals surface area contributed by atoms with Crippen LogP contribution in [0.2, 0.25) is 0 Å². The zero-order valence-corrected chi connectivity index (χ0v) is 32.2. The second-order valence-electron chi connectivity index (χ2n) is 16.5. The highest BCUT2D eigenvalue weighted by Gasteiger charge is 2.71. The molecule has 0 aromatic heterocycles. The molecule has 0 radical (unpaired) electrons. The summed E-state index contributed by atoms with van der Waals surface area (Å²) in [5.74, 6) is -4.12. The van der Waals surface area contributed by atoms with Gasteiger partial charge >= 0.3 is 35.8 Å². The summed E-state index contributed by atoms with van der Waals surface area (Å²) in [5, 5.41) is 12.9. The van der Waals surface area contributed by atoms with E-state index in [1.54, 1.807) is 13.0 Å². The van der Waals surface area contributed by atoms with Gasteiger partial charge in [0.05, 0.1) is 24.4 Å². The number of carbonyl (C=O) groups is 6. The van der Waals surface area contributed by atoms with Crippen molar-refractivity contribution < 1.29 is 71.8 Å². The van der Waals surface area contributed by atoms with Gasteiger partial charge in [-0.1, -0.05) is 6.92 Å². The molecule has 6 rings (SSSR count). The van der Waals surface area contributed by atoms with Crippen LogP contribution in [0.5, 0.6) is 0 Å². The molecule has 14 atom stereocenters. The molecular formula is C39H54O15. The zero-order valence-electron chi connectivity index (χ0n) is 32.2. The van der Waals surface area contributed by atoms with E-state index in [1.807, 2.05) is 0 Å². The Kier molecular flexibility index (Phi) is 11.3. The van der Waals surface area contributed by atoms with Crippen molar-refractivity contribution >= 4 is 35.8 Å². The fraction of sp³-hybridized carbons (Fsp3) is 0.795. The maximum atomic E-state index is 12.9. The van der Waals surface area contributed by atoms with E-state index in [0.29, 0.717) is 44.9 Å². The highest BCUT2D eigenvalue weighted by Crippen LogP contribution is 2.70. The molecule has 4 saturated carbocycles. The lowest BCUT2D eigenvalue weighted by Crippen LogP contribution is -2.67. The van der Waals surface area contributed by atoms with Crippen LogP contribution in [0.1, 0.15) is 99.8 Å². The van der Waals surface area contributed by atoms with E-state index in [1.165, 1.54) is 34.6 Å². The van der Waals surface area contributed by atoms with Crippen molar-refractivity contribution in [2.75, 3.05) is 13.2 Å². The van der Waals surface area contributed by atoms with E-state index in [9.17, 15) is 33.9 Å². The molecule has 0 amide bonds. The van der Waals surface area contributed by atoms with Crippen LogP contribution >= 0.6 is 0 Å². The number of ether oxygens (including phenoxy) is 8. The van der Waals surface area contributed by atoms with Gasteiger partial charge in [-0.25, -0.2) is 4.79 Å². The Bertz CT molecular complexity index is 1560. The SMILES string of the molecule is CC(=O)OC[C@]12CC[C@H](O[C@@H]3O[C@@H](C)[C@@H](OC(C)=O)[C@@H](OC(C)=O)[C@H]3OC(C)=O)C[C@@H]1[C@@H](OC(C)=O)C[C@H]1[C@H]2CC[C@@]2(C)[C@H](C3=CC(=O)OC3)CC[C@]12O. The predicted molar refractivity (Wildman–Crippen MR) is 183 cm³/mol. The molecule has 0 aromatic carbocycles. The minimum atomic E-state index is -1.28. The highest BCUT2D eigenvalue weighted by atomic mass is 16.7. The maximum Gasteiger partial charge on any atom is 0.331 e. The third-order valence-corrected chi connectivity index (χ3v) is 13.5. The molecule has 2 heterocycles. The molecule has 15 heteroatoms. The monoisotopic (exact) mass is 762 g/mol. The second kappa shape index (κ2) is 15.2. The molecule has 54 heavy (non-hydrogen) atoms. The van der Waals surface area contributed by atoms with Gasteiger partial charge in [-0.15, -0.1) is 0 Å². The van der Waals surface area contributed by atoms with E-state index in [2.05, 4.69) is 6.92 Å². The topological polar surface area (TPSA) is 196 Å². The van der Waals surface area contributed by atoms with E-state index >= 15 is 0 Å². The van der Waals surface area contributed by atoms with Gasteiger partial charge in [-0.3, -0.25) is 24.0 Å². The summed E-state index contributed by atoms with van der Waals surface area (Å²) >= 11 is 0. The van der Waals surface area contributed by atoms with Crippen molar-refractivity contribution in [3.63, 3.8) is 0 Å². The Morgan fingerprint density at radius 3 is 2.04 bits per heavy atom. The summed E-state index contributed by atoms with van der Waals surface area (Å²) in [6, 6.07) is 0. The highest BCUT2D eigenvalue weighted by molar-refractivity contribution is 5.85. The first-order valence-electron chi connectivity index (χ1n) is 19.1. The van der Waals surface area contributed by atoms with Gasteiger partial charge in [-0.05, 0) is 81.6 Å². The summed E-state index contributed by atoms with van der Waals surface area (Å²) in [6.45, 7) is 10.3. The van der Waals surface area contributed by atoms with Crippen molar-refractivity contribution in [2.45, 2.75) is 148 Å². The number of hydrogen-bond donors (Lipinski definition) is 1. The largest absolute Gasteiger partial charge is 0.465 e. The third-order valence-electron chi connectivity index (χ3n) is 13.5. The van der Waals surface area contributed by atoms with E-state index in [4.69, 9.17) is 37.9 Å². The smallest absolute Gasteiger partial charge is 0.331 e. The van der Waals surface area contributed by atoms with Crippen LogP contribution in [0.4, 0.5) is 0 Å². The van der Waals surface area contributed by atoms with Crippen LogP contribution in [-0.4, -0.2) is 103 Å². The number of hydrogen-bond acceptors (Lipinski definition) is 15. The van der Waals surface area contributed by atoms with Gasteiger partial charge in [0.15, 0.2) is 24.6 Å². The van der Waals surface area contributed by atoms with E-state index in [0.717, 1.165) is 12.0 Å². The average Bonchev–Trinajstić information content (AvgIpc) is 3.62. The molecule has 300 valence electrons. The number of rotatable bonds is 9. The first-order chi connectivity index (χ1) is 25.4. The Balaban J connectivity index is 1.32. The van der Waals surface area contributed by atoms with Crippen LogP contribution < -0.4 is 0 Å². The summed E-state index contributed by atoms with van der Waals surface area (Å²) in [6.07, 6.45) is -1.03. The number of carbonyl (C=O) groups excluding carboxylic acids is 6. The third kappa shape index (κ3) is 7.27. The van der Waals surface area contributed by atoms with Crippen molar-refractivity contribution in [2.24, 2.45) is 34.5 Å². The lowest BCUT2D eigenvalue weighted by molar-refractivity contribution is -0.318. The van der Waals surface area contributed by atoms with Gasteiger partial charge in [0.2, 0.25) is 0 Å². The molecule has 0 spiro atoms. The molecule has 1 saturated heterocycles. The summed E-state index contributed by atoms with van der Waals surface area (Å²) < 4.78 is 46.7. The fourth-order valence-corrected chi connectivity index (χ4v) is 11.4. The van der Waals surface area contributed by atoms with Crippen LogP contribution in [0, 0.1) is 34.5 Å². The summed E-state index contributed by atoms with van der Waals surface area (Å²) in [7, 11) is 0. The first-order valence-corrected chi connectivity index (χ1v) is 19.1. The molecule has 4 aliphatic carbocycles. The number of esters is 6. The van der Waals surface area contributed by atoms with Crippen molar-refractivity contribution in [3.8, 4) is 0 Å². The van der Waals surface area contributed by atoms with E-state index < -0.39 is 89.2 Å². The quantitative estimate of drug-likeness (QED) is 0.204. The second-order valence-corrected chi connectivity index (χ2v) is 16.5. The predicted octanol–water partition coefficient (Wildman–Crippen LogP) is 3.25. The molecule has 2 aliphatic heterocycles. The van der Waals surface area contributed by atoms with Gasteiger partial charge < -0.3 is 43.0 Å². The van der Waals surface area contributed by atoms with Gasteiger partial charge in [0, 0.05) is 57.4 Å². The minimum absolute atomic E-state index is 0.0485. The van der Waals surface area contributed by atoms with Crippen LogP contribution in [-0.2, 0) is 66.7 Å². The van der Waals surface area contributed by atoms with Gasteiger partial charge in [0.25, 0.3) is 0 Å². The fourth-order valence-electron chi connectivity index (χ4n) is 11.4. The number of cyclic esters (lactones) is 1. The molecule has 0 bridgehead atoms. The Morgan fingerprint density at radius 2 is 1.43 bits per heavy atom. The molecular weight excluding hydrogens is 708 g/mol. The molecule has 5 fully saturated rings. The normalized spacial score (nSPS) is 42.6. The summed E-state index contributed by atoms with van der Waals surface area (Å²) in [5.41, 5.74) is -1.50. The molecule has 6 aliphatic rings. The molecule has 15 nitrogen and oxygen atoms in total. The van der Waals surface area contributed by atoms with Crippen LogP contribution in [0.3, 0.4) is 0 Å². The minimum Gasteiger partial charge on any atom is -0.465 e. The molecule has 1 N–H and O–H groups in total. The average molecular weight is 763 g/mol.